The number of phenols is 5. The first-order valence-electron chi connectivity index (χ1n) is 14.9. The third-order valence-corrected chi connectivity index (χ3v) is 8.19. The summed E-state index contributed by atoms with van der Waals surface area (Å²) in [5.41, 5.74) is 3.10. The molecule has 0 spiro atoms. The predicted octanol–water partition coefficient (Wildman–Crippen LogP) is 4.09. The van der Waals surface area contributed by atoms with Gasteiger partial charge in [-0.25, -0.2) is 0 Å². The second-order valence-corrected chi connectivity index (χ2v) is 11.1. The number of amides is 2. The van der Waals surface area contributed by atoms with Crippen molar-refractivity contribution in [1.82, 2.24) is 10.6 Å². The number of rotatable bonds is 11. The van der Waals surface area contributed by atoms with Gasteiger partial charge in [0.25, 0.3) is 0 Å². The maximum absolute atomic E-state index is 14.2. The molecule has 5 rings (SSSR count). The fraction of sp³-hybridized carbons (Fsp3) is 0.222. The first-order chi connectivity index (χ1) is 22.6. The topological polar surface area (TPSA) is 178 Å². The largest absolute Gasteiger partial charge is 0.508 e. The highest BCUT2D eigenvalue weighted by molar-refractivity contribution is 6.06. The molecule has 0 aromatic heterocycles. The summed E-state index contributed by atoms with van der Waals surface area (Å²) in [6.07, 6.45) is 2.47. The quantitative estimate of drug-likeness (QED) is 0.119. The van der Waals surface area contributed by atoms with Crippen molar-refractivity contribution in [3.63, 3.8) is 0 Å². The van der Waals surface area contributed by atoms with E-state index >= 15 is 0 Å². The third kappa shape index (κ3) is 7.04. The minimum Gasteiger partial charge on any atom is -0.508 e. The average molecular weight is 641 g/mol. The van der Waals surface area contributed by atoms with Gasteiger partial charge in [0.1, 0.15) is 11.5 Å². The van der Waals surface area contributed by atoms with Crippen LogP contribution in [0.5, 0.6) is 40.2 Å². The van der Waals surface area contributed by atoms with Gasteiger partial charge in [-0.15, -0.1) is 0 Å². The molecule has 47 heavy (non-hydrogen) atoms. The van der Waals surface area contributed by atoms with Crippen LogP contribution >= 0.6 is 0 Å². The Kier molecular flexibility index (Phi) is 9.74. The monoisotopic (exact) mass is 640 g/mol. The Hall–Kier alpha value is -5.84. The molecule has 4 aromatic rings. The molecule has 4 aromatic carbocycles. The van der Waals surface area contributed by atoms with Crippen molar-refractivity contribution >= 4 is 17.9 Å². The average Bonchev–Trinajstić information content (AvgIpc) is 3.06. The molecule has 11 heteroatoms. The predicted molar refractivity (Wildman–Crippen MR) is 174 cm³/mol. The van der Waals surface area contributed by atoms with Gasteiger partial charge in [0.05, 0.1) is 20.1 Å². The lowest BCUT2D eigenvalue weighted by atomic mass is 9.70. The van der Waals surface area contributed by atoms with Gasteiger partial charge in [-0.1, -0.05) is 30.3 Å². The van der Waals surface area contributed by atoms with Crippen LogP contribution < -0.4 is 20.1 Å². The molecule has 0 bridgehead atoms. The highest BCUT2D eigenvalue weighted by Gasteiger charge is 2.43. The lowest BCUT2D eigenvalue weighted by molar-refractivity contribution is -0.127. The van der Waals surface area contributed by atoms with E-state index in [-0.39, 0.29) is 53.2 Å². The molecule has 0 saturated heterocycles. The zero-order valence-electron chi connectivity index (χ0n) is 25.9. The molecular weight excluding hydrogens is 604 g/mol. The maximum atomic E-state index is 14.2. The van der Waals surface area contributed by atoms with Crippen molar-refractivity contribution < 1.29 is 44.6 Å². The molecule has 1 aliphatic rings. The standard InChI is InChI=1S/C36H36N2O9/c1-46-29-19-23-17-26(35(44)37-15-13-20-3-8-24(39)9-4-20)32(36(45)38-16-14-21-5-10-25(40)11-6-21)30(31(23)34(47-2)33(29)43)22-7-12-27(41)28(42)18-22/h3-12,17-19,30,32,39-43H,13-16H2,1-2H3,(H,37,44)(H,38,45)/t30-,32-/m1/s1. The molecule has 0 saturated carbocycles. The number of hydrogen-bond acceptors (Lipinski definition) is 9. The lowest BCUT2D eigenvalue weighted by Gasteiger charge is -2.35. The highest BCUT2D eigenvalue weighted by atomic mass is 16.5. The van der Waals surface area contributed by atoms with Crippen LogP contribution in [0, 0.1) is 5.92 Å². The molecular formula is C36H36N2O9. The zero-order valence-corrected chi connectivity index (χ0v) is 25.9. The number of carbonyl (C=O) groups excluding carboxylic acids is 2. The molecule has 244 valence electrons. The molecule has 1 aliphatic carbocycles. The van der Waals surface area contributed by atoms with Gasteiger partial charge in [0.2, 0.25) is 17.6 Å². The zero-order chi connectivity index (χ0) is 33.7. The van der Waals surface area contributed by atoms with E-state index in [1.807, 2.05) is 0 Å². The summed E-state index contributed by atoms with van der Waals surface area (Å²) in [4.78, 5) is 28.1. The Morgan fingerprint density at radius 2 is 1.32 bits per heavy atom. The Labute approximate surface area is 271 Å². The summed E-state index contributed by atoms with van der Waals surface area (Å²) in [5, 5.41) is 56.7. The number of ether oxygens (including phenoxy) is 2. The van der Waals surface area contributed by atoms with Crippen LogP contribution in [0.4, 0.5) is 0 Å². The van der Waals surface area contributed by atoms with E-state index in [2.05, 4.69) is 10.6 Å². The van der Waals surface area contributed by atoms with Gasteiger partial charge in [-0.3, -0.25) is 9.59 Å². The lowest BCUT2D eigenvalue weighted by Crippen LogP contribution is -2.42. The van der Waals surface area contributed by atoms with E-state index in [0.717, 1.165) is 11.1 Å². The minimum atomic E-state index is -1.17. The molecule has 2 atom stereocenters. The van der Waals surface area contributed by atoms with Crippen LogP contribution in [-0.2, 0) is 22.4 Å². The van der Waals surface area contributed by atoms with E-state index in [4.69, 9.17) is 9.47 Å². The van der Waals surface area contributed by atoms with Crippen LogP contribution in [0.3, 0.4) is 0 Å². The minimum absolute atomic E-state index is 0.0295. The number of hydrogen-bond donors (Lipinski definition) is 7. The fourth-order valence-electron chi connectivity index (χ4n) is 5.84. The maximum Gasteiger partial charge on any atom is 0.248 e. The van der Waals surface area contributed by atoms with Crippen molar-refractivity contribution in [1.29, 1.82) is 0 Å². The molecule has 0 heterocycles. The van der Waals surface area contributed by atoms with Gasteiger partial charge in [-0.05, 0) is 83.6 Å². The number of carbonyl (C=O) groups is 2. The first-order valence-corrected chi connectivity index (χ1v) is 14.9. The number of nitrogens with one attached hydrogen (secondary N) is 2. The van der Waals surface area contributed by atoms with Crippen LogP contribution in [0.15, 0.2) is 78.4 Å². The van der Waals surface area contributed by atoms with Crippen LogP contribution in [0.1, 0.15) is 33.7 Å². The Morgan fingerprint density at radius 1 is 0.723 bits per heavy atom. The van der Waals surface area contributed by atoms with Crippen molar-refractivity contribution in [3.8, 4) is 40.2 Å². The van der Waals surface area contributed by atoms with Gasteiger partial charge in [0.15, 0.2) is 23.0 Å². The van der Waals surface area contributed by atoms with Gasteiger partial charge in [0, 0.05) is 30.1 Å². The molecule has 7 N–H and O–H groups in total. The molecule has 0 aliphatic heterocycles. The summed E-state index contributed by atoms with van der Waals surface area (Å²) in [7, 11) is 2.74. The van der Waals surface area contributed by atoms with Crippen molar-refractivity contribution in [2.45, 2.75) is 18.8 Å². The summed E-state index contributed by atoms with van der Waals surface area (Å²) >= 11 is 0. The van der Waals surface area contributed by atoms with Crippen molar-refractivity contribution in [2.24, 2.45) is 5.92 Å². The number of fused-ring (bicyclic) bond motifs is 1. The molecule has 0 fully saturated rings. The van der Waals surface area contributed by atoms with Crippen molar-refractivity contribution in [2.75, 3.05) is 27.3 Å². The fourth-order valence-corrected chi connectivity index (χ4v) is 5.84. The number of methoxy groups -OCH3 is 2. The SMILES string of the molecule is COc1cc2c(c(OC)c1O)[C@@H](c1ccc(O)c(O)c1)[C@H](C(=O)NCCc1ccc(O)cc1)C(C(=O)NCCc1ccc(O)cc1)=C2. The smallest absolute Gasteiger partial charge is 0.248 e. The summed E-state index contributed by atoms with van der Waals surface area (Å²) in [6.45, 7) is 0.442. The summed E-state index contributed by atoms with van der Waals surface area (Å²) < 4.78 is 11.0. The second kappa shape index (κ2) is 14.1. The van der Waals surface area contributed by atoms with E-state index < -0.39 is 29.4 Å². The van der Waals surface area contributed by atoms with Gasteiger partial charge < -0.3 is 45.6 Å². The van der Waals surface area contributed by atoms with Crippen LogP contribution in [-0.4, -0.2) is 64.7 Å². The normalized spacial score (nSPS) is 15.2. The third-order valence-electron chi connectivity index (χ3n) is 8.19. The van der Waals surface area contributed by atoms with E-state index in [9.17, 15) is 35.1 Å². The first kappa shape index (κ1) is 32.6. The Morgan fingerprint density at radius 3 is 1.87 bits per heavy atom. The van der Waals surface area contributed by atoms with Gasteiger partial charge in [-0.2, -0.15) is 0 Å². The molecule has 0 unspecified atom stereocenters. The van der Waals surface area contributed by atoms with Gasteiger partial charge >= 0.3 is 0 Å². The van der Waals surface area contributed by atoms with Crippen molar-refractivity contribution in [3.05, 3.63) is 106 Å². The van der Waals surface area contributed by atoms with E-state index in [1.54, 1.807) is 60.7 Å². The Bertz CT molecular complexity index is 1800. The number of benzene rings is 4. The van der Waals surface area contributed by atoms with E-state index in [0.29, 0.717) is 29.5 Å². The summed E-state index contributed by atoms with van der Waals surface area (Å²) in [6, 6.07) is 18.9. The Balaban J connectivity index is 1.57. The molecule has 11 nitrogen and oxygen atoms in total. The number of aromatic hydroxyl groups is 5. The molecule has 0 radical (unpaired) electrons. The van der Waals surface area contributed by atoms with Crippen LogP contribution in [0.2, 0.25) is 0 Å². The van der Waals surface area contributed by atoms with Crippen LogP contribution in [0.25, 0.3) is 6.08 Å². The summed E-state index contributed by atoms with van der Waals surface area (Å²) in [5.74, 6) is -3.85. The highest BCUT2D eigenvalue weighted by Crippen LogP contribution is 2.53. The number of phenolic OH excluding ortho intramolecular Hbond substituents is 5. The second-order valence-electron chi connectivity index (χ2n) is 11.1. The van der Waals surface area contributed by atoms with E-state index in [1.165, 1.54) is 32.4 Å². The molecule has 2 amide bonds.